The summed E-state index contributed by atoms with van der Waals surface area (Å²) < 4.78 is 5.29. The van der Waals surface area contributed by atoms with Crippen molar-refractivity contribution in [3.8, 4) is 12.3 Å². The van der Waals surface area contributed by atoms with Gasteiger partial charge in [0.1, 0.15) is 0 Å². The van der Waals surface area contributed by atoms with Crippen LogP contribution >= 0.6 is 0 Å². The lowest BCUT2D eigenvalue weighted by Crippen LogP contribution is -2.51. The van der Waals surface area contributed by atoms with E-state index in [9.17, 15) is 4.79 Å². The first-order chi connectivity index (χ1) is 8.18. The highest BCUT2D eigenvalue weighted by Gasteiger charge is 2.39. The predicted octanol–water partition coefficient (Wildman–Crippen LogP) is 0.660. The molecule has 0 spiro atoms. The zero-order valence-corrected chi connectivity index (χ0v) is 10.5. The van der Waals surface area contributed by atoms with E-state index in [1.165, 1.54) is 0 Å². The lowest BCUT2D eigenvalue weighted by atomic mass is 9.79. The smallest absolute Gasteiger partial charge is 0.227 e. The van der Waals surface area contributed by atoms with Gasteiger partial charge in [-0.2, -0.15) is 0 Å². The van der Waals surface area contributed by atoms with E-state index in [-0.39, 0.29) is 11.9 Å². The van der Waals surface area contributed by atoms with Crippen LogP contribution in [0.5, 0.6) is 0 Å². The van der Waals surface area contributed by atoms with Crippen molar-refractivity contribution in [2.24, 2.45) is 11.1 Å². The minimum atomic E-state index is -0.458. The fraction of sp³-hybridized carbons (Fsp3) is 0.769. The van der Waals surface area contributed by atoms with Gasteiger partial charge in [-0.25, -0.2) is 0 Å². The van der Waals surface area contributed by atoms with Crippen LogP contribution in [0, 0.1) is 17.8 Å². The normalized spacial score (nSPS) is 20.3. The van der Waals surface area contributed by atoms with Crippen LogP contribution in [0.2, 0.25) is 0 Å². The van der Waals surface area contributed by atoms with Gasteiger partial charge >= 0.3 is 0 Å². The van der Waals surface area contributed by atoms with Crippen LogP contribution in [0.1, 0.15) is 32.6 Å². The van der Waals surface area contributed by atoms with Crippen molar-refractivity contribution in [2.75, 3.05) is 19.8 Å². The summed E-state index contributed by atoms with van der Waals surface area (Å²) in [5, 5.41) is 3.01. The summed E-state index contributed by atoms with van der Waals surface area (Å²) in [4.78, 5) is 12.3. The molecule has 1 atom stereocenters. The summed E-state index contributed by atoms with van der Waals surface area (Å²) in [5.41, 5.74) is 5.32. The summed E-state index contributed by atoms with van der Waals surface area (Å²) in [5.74, 6) is 2.62. The first kappa shape index (κ1) is 14.0. The van der Waals surface area contributed by atoms with Crippen LogP contribution in [0.15, 0.2) is 0 Å². The summed E-state index contributed by atoms with van der Waals surface area (Å²) in [6.45, 7) is 3.60. The molecular formula is C13H22N2O2. The molecule has 0 aromatic rings. The van der Waals surface area contributed by atoms with E-state index in [1.54, 1.807) is 0 Å². The Kier molecular flexibility index (Phi) is 5.46. The molecule has 1 rings (SSSR count). The van der Waals surface area contributed by atoms with Gasteiger partial charge in [0.05, 0.1) is 5.41 Å². The standard InChI is InChI=1S/C13H22N2O2/c1-3-5-11(4-2)15-12(16)13(10-14)6-8-17-9-7-13/h1,11H,4-10,14H2,2H3,(H,15,16). The monoisotopic (exact) mass is 238 g/mol. The average molecular weight is 238 g/mol. The van der Waals surface area contributed by atoms with Gasteiger partial charge in [0.2, 0.25) is 5.91 Å². The number of hydrogen-bond donors (Lipinski definition) is 2. The van der Waals surface area contributed by atoms with Crippen molar-refractivity contribution in [3.05, 3.63) is 0 Å². The van der Waals surface area contributed by atoms with Gasteiger partial charge in [0.25, 0.3) is 0 Å². The van der Waals surface area contributed by atoms with Gasteiger partial charge in [-0.3, -0.25) is 4.79 Å². The fourth-order valence-corrected chi connectivity index (χ4v) is 2.06. The van der Waals surface area contributed by atoms with Crippen LogP contribution < -0.4 is 11.1 Å². The molecule has 4 heteroatoms. The number of nitrogens with two attached hydrogens (primary N) is 1. The number of terminal acetylenes is 1. The minimum absolute atomic E-state index is 0.0328. The lowest BCUT2D eigenvalue weighted by Gasteiger charge is -2.35. The lowest BCUT2D eigenvalue weighted by molar-refractivity contribution is -0.136. The average Bonchev–Trinajstić information content (AvgIpc) is 2.38. The zero-order valence-electron chi connectivity index (χ0n) is 10.5. The molecule has 1 saturated heterocycles. The Bertz CT molecular complexity index is 290. The molecule has 4 nitrogen and oxygen atoms in total. The van der Waals surface area contributed by atoms with Crippen molar-refractivity contribution in [2.45, 2.75) is 38.6 Å². The van der Waals surface area contributed by atoms with Gasteiger partial charge in [-0.1, -0.05) is 6.92 Å². The van der Waals surface area contributed by atoms with Crippen molar-refractivity contribution in [3.63, 3.8) is 0 Å². The van der Waals surface area contributed by atoms with E-state index in [0.29, 0.717) is 39.0 Å². The molecule has 0 aromatic carbocycles. The van der Waals surface area contributed by atoms with Crippen molar-refractivity contribution in [1.82, 2.24) is 5.32 Å². The molecule has 1 unspecified atom stereocenters. The van der Waals surface area contributed by atoms with E-state index in [4.69, 9.17) is 16.9 Å². The highest BCUT2D eigenvalue weighted by Crippen LogP contribution is 2.29. The van der Waals surface area contributed by atoms with Crippen molar-refractivity contribution >= 4 is 5.91 Å². The Balaban J connectivity index is 2.62. The first-order valence-electron chi connectivity index (χ1n) is 6.20. The summed E-state index contributed by atoms with van der Waals surface area (Å²) in [6, 6.07) is 0.0544. The molecule has 0 saturated carbocycles. The van der Waals surface area contributed by atoms with Crippen molar-refractivity contribution < 1.29 is 9.53 Å². The summed E-state index contributed by atoms with van der Waals surface area (Å²) in [7, 11) is 0. The Morgan fingerprint density at radius 3 is 2.71 bits per heavy atom. The second-order valence-electron chi connectivity index (χ2n) is 4.58. The second-order valence-corrected chi connectivity index (χ2v) is 4.58. The largest absolute Gasteiger partial charge is 0.381 e. The molecule has 1 heterocycles. The molecule has 0 aliphatic carbocycles. The topological polar surface area (TPSA) is 64.4 Å². The van der Waals surface area contributed by atoms with E-state index < -0.39 is 5.41 Å². The molecule has 0 bridgehead atoms. The second kappa shape index (κ2) is 6.63. The molecule has 1 aliphatic rings. The molecule has 17 heavy (non-hydrogen) atoms. The van der Waals surface area contributed by atoms with Crippen LogP contribution in [-0.2, 0) is 9.53 Å². The molecule has 0 radical (unpaired) electrons. The molecule has 1 aliphatic heterocycles. The van der Waals surface area contributed by atoms with Gasteiger partial charge in [-0.15, -0.1) is 12.3 Å². The van der Waals surface area contributed by atoms with Gasteiger partial charge in [0.15, 0.2) is 0 Å². The van der Waals surface area contributed by atoms with E-state index >= 15 is 0 Å². The number of carbonyl (C=O) groups excluding carboxylic acids is 1. The van der Waals surface area contributed by atoms with Gasteiger partial charge in [-0.05, 0) is 19.3 Å². The maximum atomic E-state index is 12.3. The van der Waals surface area contributed by atoms with E-state index in [1.807, 2.05) is 6.92 Å². The van der Waals surface area contributed by atoms with Crippen LogP contribution in [0.4, 0.5) is 0 Å². The van der Waals surface area contributed by atoms with Crippen LogP contribution in [-0.4, -0.2) is 31.7 Å². The maximum Gasteiger partial charge on any atom is 0.227 e. The molecule has 0 aromatic heterocycles. The minimum Gasteiger partial charge on any atom is -0.381 e. The van der Waals surface area contributed by atoms with Gasteiger partial charge < -0.3 is 15.8 Å². The number of ether oxygens (including phenoxy) is 1. The molecule has 3 N–H and O–H groups in total. The van der Waals surface area contributed by atoms with Crippen LogP contribution in [0.25, 0.3) is 0 Å². The number of nitrogens with one attached hydrogen (secondary N) is 1. The molecule has 1 fully saturated rings. The zero-order chi connectivity index (χ0) is 12.7. The quantitative estimate of drug-likeness (QED) is 0.692. The van der Waals surface area contributed by atoms with E-state index in [0.717, 1.165) is 6.42 Å². The van der Waals surface area contributed by atoms with Crippen molar-refractivity contribution in [1.29, 1.82) is 0 Å². The third-order valence-electron chi connectivity index (χ3n) is 3.51. The van der Waals surface area contributed by atoms with E-state index in [2.05, 4.69) is 11.2 Å². The predicted molar refractivity (Wildman–Crippen MR) is 67.2 cm³/mol. The summed E-state index contributed by atoms with van der Waals surface area (Å²) >= 11 is 0. The number of hydrogen-bond acceptors (Lipinski definition) is 3. The maximum absolute atomic E-state index is 12.3. The molecular weight excluding hydrogens is 216 g/mol. The third-order valence-corrected chi connectivity index (χ3v) is 3.51. The fourth-order valence-electron chi connectivity index (χ4n) is 2.06. The molecule has 96 valence electrons. The Hall–Kier alpha value is -1.05. The Labute approximate surface area is 103 Å². The molecule has 1 amide bonds. The number of rotatable bonds is 5. The highest BCUT2D eigenvalue weighted by atomic mass is 16.5. The third kappa shape index (κ3) is 3.45. The SMILES string of the molecule is C#CCC(CC)NC(=O)C1(CN)CCOCC1. The van der Waals surface area contributed by atoms with Crippen LogP contribution in [0.3, 0.4) is 0 Å². The number of carbonyl (C=O) groups is 1. The number of amides is 1. The highest BCUT2D eigenvalue weighted by molar-refractivity contribution is 5.83. The first-order valence-corrected chi connectivity index (χ1v) is 6.20. The summed E-state index contributed by atoms with van der Waals surface area (Å²) in [6.07, 6.45) is 8.08. The Morgan fingerprint density at radius 2 is 2.24 bits per heavy atom. The Morgan fingerprint density at radius 1 is 1.59 bits per heavy atom. The van der Waals surface area contributed by atoms with Gasteiger partial charge in [0, 0.05) is 32.2 Å².